The lowest BCUT2D eigenvalue weighted by molar-refractivity contribution is -0.128. The molecule has 0 saturated heterocycles. The van der Waals surface area contributed by atoms with Crippen LogP contribution in [0.5, 0.6) is 0 Å². The van der Waals surface area contributed by atoms with E-state index in [0.29, 0.717) is 157 Å². The highest BCUT2D eigenvalue weighted by molar-refractivity contribution is 5.90. The van der Waals surface area contributed by atoms with Gasteiger partial charge in [0, 0.05) is 19.7 Å². The van der Waals surface area contributed by atoms with Gasteiger partial charge in [0.2, 0.25) is 23.6 Å². The van der Waals surface area contributed by atoms with Crippen LogP contribution in [0.3, 0.4) is 0 Å². The second-order valence-corrected chi connectivity index (χ2v) is 14.1. The minimum atomic E-state index is -0.730. The van der Waals surface area contributed by atoms with Gasteiger partial charge in [0.25, 0.3) is 0 Å². The summed E-state index contributed by atoms with van der Waals surface area (Å²) in [5, 5.41) is 28.1. The smallest absolute Gasteiger partial charge is 0.407 e. The number of hydrogen-bond acceptors (Lipinski definition) is 21. The van der Waals surface area contributed by atoms with Crippen LogP contribution in [0.25, 0.3) is 0 Å². The number of ether oxygens (including phenoxy) is 12. The van der Waals surface area contributed by atoms with Crippen molar-refractivity contribution in [3.63, 3.8) is 0 Å². The molecule has 27 nitrogen and oxygen atoms in total. The minimum Gasteiger partial charge on any atom is -0.443 e. The Morgan fingerprint density at radius 1 is 0.493 bits per heavy atom. The van der Waals surface area contributed by atoms with Crippen molar-refractivity contribution in [3.8, 4) is 0 Å². The third-order valence-corrected chi connectivity index (χ3v) is 7.87. The van der Waals surface area contributed by atoms with E-state index in [1.807, 2.05) is 0 Å². The molecule has 388 valence electrons. The molecule has 7 N–H and O–H groups in total. The van der Waals surface area contributed by atoms with E-state index in [1.165, 1.54) is 0 Å². The number of rotatable bonds is 48. The van der Waals surface area contributed by atoms with Gasteiger partial charge in [-0.25, -0.2) is 9.48 Å². The van der Waals surface area contributed by atoms with Crippen LogP contribution in [0.4, 0.5) is 4.79 Å². The zero-order valence-electron chi connectivity index (χ0n) is 39.1. The Balaban J connectivity index is 1.80. The number of hydrogen-bond donors (Lipinski definition) is 7. The summed E-state index contributed by atoms with van der Waals surface area (Å²) in [5.41, 5.74) is 2.06. The summed E-state index contributed by atoms with van der Waals surface area (Å²) in [4.78, 5) is 58.4. The van der Waals surface area contributed by atoms with Gasteiger partial charge < -0.3 is 88.6 Å². The lowest BCUT2D eigenvalue weighted by Crippen LogP contribution is -2.45. The van der Waals surface area contributed by atoms with Gasteiger partial charge in [-0.1, -0.05) is 19.1 Å². The maximum absolute atomic E-state index is 12.0. The van der Waals surface area contributed by atoms with Crippen molar-refractivity contribution in [3.05, 3.63) is 11.9 Å². The largest absolute Gasteiger partial charge is 0.443 e. The van der Waals surface area contributed by atoms with Gasteiger partial charge in [-0.2, -0.15) is 5.48 Å². The predicted molar refractivity (Wildman–Crippen MR) is 234 cm³/mol. The van der Waals surface area contributed by atoms with Crippen LogP contribution in [0, 0.1) is 5.92 Å². The number of nitrogens with one attached hydrogen (secondary N) is 6. The van der Waals surface area contributed by atoms with Gasteiger partial charge in [-0.3, -0.25) is 19.2 Å². The molecule has 1 aromatic rings. The van der Waals surface area contributed by atoms with Crippen molar-refractivity contribution in [1.82, 2.24) is 47.1 Å². The van der Waals surface area contributed by atoms with Crippen molar-refractivity contribution >= 4 is 29.7 Å². The van der Waals surface area contributed by atoms with Crippen LogP contribution >= 0.6 is 0 Å². The molecule has 0 atom stereocenters. The summed E-state index contributed by atoms with van der Waals surface area (Å²) in [6.07, 6.45) is 0.890. The zero-order valence-corrected chi connectivity index (χ0v) is 39.1. The first-order valence-corrected chi connectivity index (χ1v) is 22.3. The second-order valence-electron chi connectivity index (χ2n) is 14.1. The lowest BCUT2D eigenvalue weighted by Gasteiger charge is -2.09. The Labute approximate surface area is 391 Å². The van der Waals surface area contributed by atoms with Gasteiger partial charge in [0.15, 0.2) is 0 Å². The monoisotopic (exact) mass is 970 g/mol. The zero-order chi connectivity index (χ0) is 48.7. The van der Waals surface area contributed by atoms with Crippen LogP contribution in [0.1, 0.15) is 19.5 Å². The van der Waals surface area contributed by atoms with Gasteiger partial charge in [0.1, 0.15) is 12.3 Å². The van der Waals surface area contributed by atoms with Gasteiger partial charge >= 0.3 is 6.09 Å². The Morgan fingerprint density at radius 3 is 1.22 bits per heavy atom. The van der Waals surface area contributed by atoms with Gasteiger partial charge in [-0.05, 0) is 5.92 Å². The molecule has 1 aromatic heterocycles. The first-order chi connectivity index (χ1) is 32.7. The molecule has 0 saturated carbocycles. The molecule has 0 spiro atoms. The molecule has 0 aliphatic rings. The molecular weight excluding hydrogens is 894 g/mol. The fourth-order valence-corrected chi connectivity index (χ4v) is 4.61. The molecule has 1 heterocycles. The van der Waals surface area contributed by atoms with E-state index in [9.17, 15) is 24.0 Å². The number of carbonyl (C=O) groups excluding carboxylic acids is 5. The van der Waals surface area contributed by atoms with E-state index in [0.717, 1.165) is 6.61 Å². The average molecular weight is 970 g/mol. The Morgan fingerprint density at radius 2 is 0.836 bits per heavy atom. The molecule has 27 heteroatoms. The normalized spacial score (nSPS) is 11.2. The fraction of sp³-hybridized carbons (Fsp3) is 0.825. The number of hydroxylamine groups is 1. The maximum Gasteiger partial charge on any atom is 0.407 e. The van der Waals surface area contributed by atoms with Crippen molar-refractivity contribution in [2.45, 2.75) is 27.0 Å². The first kappa shape index (κ1) is 60.8. The molecule has 0 fully saturated rings. The van der Waals surface area contributed by atoms with Crippen LogP contribution in [0.15, 0.2) is 6.20 Å². The van der Waals surface area contributed by atoms with Crippen molar-refractivity contribution in [2.75, 3.05) is 185 Å². The number of alkyl carbamates (subject to hydrolysis) is 1. The van der Waals surface area contributed by atoms with Crippen molar-refractivity contribution in [1.29, 1.82) is 0 Å². The van der Waals surface area contributed by atoms with E-state index >= 15 is 0 Å². The highest BCUT2D eigenvalue weighted by Gasteiger charge is 2.10. The van der Waals surface area contributed by atoms with Crippen molar-refractivity contribution < 1.29 is 86.0 Å². The molecule has 0 aliphatic carbocycles. The molecule has 1 rings (SSSR count). The Hall–Kier alpha value is -4.23. The summed E-state index contributed by atoms with van der Waals surface area (Å²) in [7, 11) is 0. The highest BCUT2D eigenvalue weighted by Crippen LogP contribution is 1.97. The molecule has 0 aromatic carbocycles. The molecule has 0 unspecified atom stereocenters. The van der Waals surface area contributed by atoms with Crippen LogP contribution in [-0.4, -0.2) is 235 Å². The third kappa shape index (κ3) is 42.8. The Bertz CT molecular complexity index is 1380. The van der Waals surface area contributed by atoms with Gasteiger partial charge in [-0.15, -0.1) is 5.10 Å². The number of amides is 5. The van der Waals surface area contributed by atoms with Crippen LogP contribution in [-0.2, 0) is 89.2 Å². The summed E-state index contributed by atoms with van der Waals surface area (Å²) in [5.74, 6) is -1.89. The molecule has 0 radical (unpaired) electrons. The van der Waals surface area contributed by atoms with Crippen LogP contribution < -0.4 is 32.1 Å². The molecule has 67 heavy (non-hydrogen) atoms. The minimum absolute atomic E-state index is 0.0556. The lowest BCUT2D eigenvalue weighted by atomic mass is 10.2. The van der Waals surface area contributed by atoms with Crippen LogP contribution in [0.2, 0.25) is 0 Å². The predicted octanol–water partition coefficient (Wildman–Crippen LogP) is -3.21. The van der Waals surface area contributed by atoms with E-state index in [2.05, 4.69) is 50.7 Å². The third-order valence-electron chi connectivity index (χ3n) is 7.87. The number of nitrogens with zero attached hydrogens (tertiary/aromatic N) is 3. The summed E-state index contributed by atoms with van der Waals surface area (Å²) < 4.78 is 67.0. The van der Waals surface area contributed by atoms with Gasteiger partial charge in [0.05, 0.1) is 178 Å². The fourth-order valence-electron chi connectivity index (χ4n) is 4.61. The van der Waals surface area contributed by atoms with E-state index in [4.69, 9.17) is 62.0 Å². The highest BCUT2D eigenvalue weighted by atomic mass is 16.6. The van der Waals surface area contributed by atoms with E-state index in [1.54, 1.807) is 16.4 Å². The molecule has 0 aliphatic heterocycles. The standard InChI is InChI=1S/C40H75N9O18/c1-34(2)32-66-26-25-65-24-23-64-22-21-63-20-19-62-18-17-61-16-15-60-14-13-59-12-11-58-10-9-57-8-7-56-6-5-49-31-35(47-48-49)33-67-40(54)42-4-3-41-36(50)27-43-37(51)28-44-38(52)29-45-39(53)30-46-55/h31,34,46,55H,3-30,32-33H2,1-2H3,(H,41,50)(H,42,54)(H,43,51)(H,44,52)(H,45,53). The molecular formula is C40H75N9O18. The Kier molecular flexibility index (Phi) is 41.3. The quantitative estimate of drug-likeness (QED) is 0.0250. The second kappa shape index (κ2) is 45.5. The number of carbonyl (C=O) groups is 5. The SMILES string of the molecule is CC(C)COCCOCCOCCOCCOCCOCCOCCOCCOCCOCCOCCn1cc(COC(=O)NCCNC(=O)CNC(=O)CNC(=O)CNC(=O)CNO)nn1. The maximum atomic E-state index is 12.0. The number of aromatic nitrogens is 3. The topological polar surface area (TPSA) is 319 Å². The van der Waals surface area contributed by atoms with E-state index in [-0.39, 0.29) is 32.8 Å². The summed E-state index contributed by atoms with van der Waals surface area (Å²) in [6.45, 7) is 13.8. The van der Waals surface area contributed by atoms with E-state index < -0.39 is 42.8 Å². The summed E-state index contributed by atoms with van der Waals surface area (Å²) in [6, 6.07) is 0. The average Bonchev–Trinajstić information content (AvgIpc) is 3.77. The first-order valence-electron chi connectivity index (χ1n) is 22.3. The van der Waals surface area contributed by atoms with Crippen molar-refractivity contribution in [2.24, 2.45) is 5.92 Å². The molecule has 5 amide bonds. The summed E-state index contributed by atoms with van der Waals surface area (Å²) >= 11 is 0. The molecule has 0 bridgehead atoms.